The summed E-state index contributed by atoms with van der Waals surface area (Å²) < 4.78 is 15.6. The molecule has 120 valence electrons. The van der Waals surface area contributed by atoms with Crippen LogP contribution in [-0.2, 0) is 16.8 Å². The number of anilines is 1. The molecular weight excluding hydrogens is 299 g/mol. The van der Waals surface area contributed by atoms with Crippen LogP contribution in [0, 0.1) is 17.1 Å². The highest BCUT2D eigenvalue weighted by molar-refractivity contribution is 5.74. The van der Waals surface area contributed by atoms with Crippen LogP contribution < -0.4 is 5.73 Å². The van der Waals surface area contributed by atoms with Crippen molar-refractivity contribution in [3.05, 3.63) is 35.1 Å². The van der Waals surface area contributed by atoms with Crippen molar-refractivity contribution in [2.45, 2.75) is 32.7 Å². The molecule has 0 fully saturated rings. The second kappa shape index (κ2) is 5.72. The normalized spacial score (nSPS) is 11.3. The Morgan fingerprint density at radius 2 is 2.13 bits per heavy atom. The number of carboxylic acids is 1. The van der Waals surface area contributed by atoms with Crippen LogP contribution in [-0.4, -0.2) is 20.9 Å². The predicted octanol–water partition coefficient (Wildman–Crippen LogP) is 2.53. The lowest BCUT2D eigenvalue weighted by molar-refractivity contribution is -0.136. The summed E-state index contributed by atoms with van der Waals surface area (Å²) in [6.45, 7) is 5.66. The van der Waals surface area contributed by atoms with Gasteiger partial charge in [-0.05, 0) is 32.4 Å². The first kappa shape index (κ1) is 16.5. The van der Waals surface area contributed by atoms with Crippen LogP contribution in [0.5, 0.6) is 0 Å². The van der Waals surface area contributed by atoms with Crippen molar-refractivity contribution in [2.75, 3.05) is 5.73 Å². The van der Waals surface area contributed by atoms with Crippen molar-refractivity contribution >= 4 is 11.8 Å². The van der Waals surface area contributed by atoms with Crippen molar-refractivity contribution in [3.63, 3.8) is 0 Å². The van der Waals surface area contributed by atoms with Crippen molar-refractivity contribution < 1.29 is 14.3 Å². The molecule has 0 radical (unpaired) electrons. The minimum Gasteiger partial charge on any atom is -0.481 e. The van der Waals surface area contributed by atoms with Crippen LogP contribution in [0.15, 0.2) is 18.2 Å². The molecule has 2 rings (SSSR count). The van der Waals surface area contributed by atoms with Gasteiger partial charge >= 0.3 is 5.97 Å². The van der Waals surface area contributed by atoms with Crippen molar-refractivity contribution in [1.82, 2.24) is 9.78 Å². The molecule has 23 heavy (non-hydrogen) atoms. The molecule has 0 unspecified atom stereocenters. The molecule has 1 heterocycles. The number of nitrogen functional groups attached to an aromatic ring is 1. The second-order valence-electron chi connectivity index (χ2n) is 6.18. The fraction of sp³-hybridized carbons (Fsp3) is 0.312. The number of halogens is 1. The first-order valence-corrected chi connectivity index (χ1v) is 6.94. The summed E-state index contributed by atoms with van der Waals surface area (Å²) in [5, 5.41) is 22.4. The average Bonchev–Trinajstić information content (AvgIpc) is 2.77. The van der Waals surface area contributed by atoms with Crippen molar-refractivity contribution in [1.29, 1.82) is 5.26 Å². The van der Waals surface area contributed by atoms with E-state index in [-0.39, 0.29) is 22.6 Å². The van der Waals surface area contributed by atoms with Crippen molar-refractivity contribution in [2.24, 2.45) is 0 Å². The fourth-order valence-electron chi connectivity index (χ4n) is 2.26. The summed E-state index contributed by atoms with van der Waals surface area (Å²) in [6, 6.07) is 6.09. The topological polar surface area (TPSA) is 105 Å². The Kier molecular flexibility index (Phi) is 4.10. The highest BCUT2D eigenvalue weighted by Crippen LogP contribution is 2.31. The van der Waals surface area contributed by atoms with Gasteiger partial charge in [0.25, 0.3) is 0 Å². The van der Waals surface area contributed by atoms with Crippen LogP contribution in [0.2, 0.25) is 0 Å². The van der Waals surface area contributed by atoms with Gasteiger partial charge in [-0.25, -0.2) is 9.07 Å². The number of nitrogens with zero attached hydrogens (tertiary/aromatic N) is 3. The number of rotatable bonds is 3. The number of aromatic nitrogens is 2. The molecule has 0 aliphatic heterocycles. The van der Waals surface area contributed by atoms with Crippen molar-refractivity contribution in [3.8, 4) is 17.3 Å². The smallest absolute Gasteiger partial charge is 0.307 e. The fourth-order valence-corrected chi connectivity index (χ4v) is 2.26. The molecule has 0 spiro atoms. The van der Waals surface area contributed by atoms with Crippen LogP contribution in [0.4, 0.5) is 10.2 Å². The molecule has 0 amide bonds. The monoisotopic (exact) mass is 316 g/mol. The van der Waals surface area contributed by atoms with Gasteiger partial charge in [0.15, 0.2) is 0 Å². The zero-order valence-electron chi connectivity index (χ0n) is 13.1. The Balaban J connectivity index is 2.57. The largest absolute Gasteiger partial charge is 0.481 e. The van der Waals surface area contributed by atoms with Gasteiger partial charge in [0.2, 0.25) is 0 Å². The lowest BCUT2D eigenvalue weighted by atomic mass is 10.0. The quantitative estimate of drug-likeness (QED) is 0.905. The lowest BCUT2D eigenvalue weighted by Crippen LogP contribution is -2.24. The molecule has 2 aromatic rings. The highest BCUT2D eigenvalue weighted by atomic mass is 19.1. The van der Waals surface area contributed by atoms with Gasteiger partial charge in [-0.1, -0.05) is 12.1 Å². The highest BCUT2D eigenvalue weighted by Gasteiger charge is 2.24. The van der Waals surface area contributed by atoms with Gasteiger partial charge in [0.05, 0.1) is 12.0 Å². The number of aliphatic carboxylic acids is 1. The number of carboxylic acid groups (broad SMARTS) is 1. The van der Waals surface area contributed by atoms with E-state index >= 15 is 0 Å². The van der Waals surface area contributed by atoms with Crippen LogP contribution in [0.25, 0.3) is 11.3 Å². The third-order valence-electron chi connectivity index (χ3n) is 3.34. The molecule has 0 aliphatic carbocycles. The molecule has 0 saturated heterocycles. The van der Waals surface area contributed by atoms with Gasteiger partial charge in [-0.15, -0.1) is 0 Å². The van der Waals surface area contributed by atoms with Gasteiger partial charge in [-0.3, -0.25) is 4.79 Å². The lowest BCUT2D eigenvalue weighted by Gasteiger charge is -2.20. The number of nitriles is 1. The molecule has 0 saturated carbocycles. The van der Waals surface area contributed by atoms with Gasteiger partial charge in [0.1, 0.15) is 29.0 Å². The molecule has 1 aromatic carbocycles. The second-order valence-corrected chi connectivity index (χ2v) is 6.18. The van der Waals surface area contributed by atoms with E-state index in [1.807, 2.05) is 26.8 Å². The summed E-state index contributed by atoms with van der Waals surface area (Å²) in [7, 11) is 0. The SMILES string of the molecule is CC(C)(C)n1nc(-c2ccc(CC(=O)O)c(F)c2)c(C#N)c1N. The maximum atomic E-state index is 14.1. The summed E-state index contributed by atoms with van der Waals surface area (Å²) >= 11 is 0. The Morgan fingerprint density at radius 1 is 1.48 bits per heavy atom. The van der Waals surface area contributed by atoms with Gasteiger partial charge in [0, 0.05) is 5.56 Å². The minimum absolute atomic E-state index is 0.0722. The third kappa shape index (κ3) is 3.16. The van der Waals surface area contributed by atoms with Crippen LogP contribution >= 0.6 is 0 Å². The average molecular weight is 316 g/mol. The van der Waals surface area contributed by atoms with E-state index in [0.717, 1.165) is 0 Å². The summed E-state index contributed by atoms with van der Waals surface area (Å²) in [6.07, 6.45) is -0.407. The number of benzene rings is 1. The summed E-state index contributed by atoms with van der Waals surface area (Å²) in [4.78, 5) is 10.7. The Labute approximate surface area is 133 Å². The first-order chi connectivity index (χ1) is 10.6. The van der Waals surface area contributed by atoms with E-state index in [9.17, 15) is 14.4 Å². The van der Waals surface area contributed by atoms with E-state index in [4.69, 9.17) is 10.8 Å². The Hall–Kier alpha value is -2.88. The number of carbonyl (C=O) groups is 1. The van der Waals surface area contributed by atoms with E-state index < -0.39 is 23.7 Å². The minimum atomic E-state index is -1.12. The zero-order valence-corrected chi connectivity index (χ0v) is 13.1. The molecule has 6 nitrogen and oxygen atoms in total. The molecule has 7 heteroatoms. The number of hydrogen-bond acceptors (Lipinski definition) is 4. The number of hydrogen-bond donors (Lipinski definition) is 2. The summed E-state index contributed by atoms with van der Waals surface area (Å²) in [5.74, 6) is -1.56. The van der Waals surface area contributed by atoms with Crippen LogP contribution in [0.3, 0.4) is 0 Å². The van der Waals surface area contributed by atoms with E-state index in [1.54, 1.807) is 0 Å². The molecule has 0 aliphatic rings. The molecule has 0 atom stereocenters. The Morgan fingerprint density at radius 3 is 2.61 bits per heavy atom. The van der Waals surface area contributed by atoms with Crippen LogP contribution in [0.1, 0.15) is 31.9 Å². The predicted molar refractivity (Wildman–Crippen MR) is 83.1 cm³/mol. The van der Waals surface area contributed by atoms with Gasteiger partial charge < -0.3 is 10.8 Å². The van der Waals surface area contributed by atoms with E-state index in [1.165, 1.54) is 22.9 Å². The maximum Gasteiger partial charge on any atom is 0.307 e. The third-order valence-corrected chi connectivity index (χ3v) is 3.34. The van der Waals surface area contributed by atoms with Gasteiger partial charge in [-0.2, -0.15) is 10.4 Å². The van der Waals surface area contributed by atoms with E-state index in [0.29, 0.717) is 5.56 Å². The molecule has 1 aromatic heterocycles. The number of nitrogens with two attached hydrogens (primary N) is 1. The Bertz CT molecular complexity index is 813. The van der Waals surface area contributed by atoms with E-state index in [2.05, 4.69) is 5.10 Å². The molecular formula is C16H17FN4O2. The first-order valence-electron chi connectivity index (χ1n) is 6.94. The maximum absolute atomic E-state index is 14.1. The standard InChI is InChI=1S/C16H17FN4O2/c1-16(2,3)21-15(19)11(8-18)14(20-21)10-5-4-9(7-13(22)23)12(17)6-10/h4-6H,7,19H2,1-3H3,(H,22,23). The zero-order chi connectivity index (χ0) is 17.4. The molecule has 3 N–H and O–H groups in total. The molecule has 0 bridgehead atoms. The summed E-state index contributed by atoms with van der Waals surface area (Å²) in [5.41, 5.74) is 6.44.